The average molecular weight is 311 g/mol. The third kappa shape index (κ3) is 2.75. The van der Waals surface area contributed by atoms with Crippen LogP contribution in [0.3, 0.4) is 0 Å². The number of halogens is 1. The molecule has 0 aromatic carbocycles. The predicted octanol–water partition coefficient (Wildman–Crippen LogP) is 3.08. The number of nitrogens with zero attached hydrogens (tertiary/aromatic N) is 4. The number of likely N-dealkylation sites (tertiary alicyclic amines) is 1. The van der Waals surface area contributed by atoms with Gasteiger partial charge in [0.15, 0.2) is 0 Å². The molecule has 1 saturated heterocycles. The van der Waals surface area contributed by atoms with Gasteiger partial charge in [0, 0.05) is 25.2 Å². The molecule has 2 aromatic rings. The topological polar surface area (TPSA) is 34.0 Å². The molecule has 0 bridgehead atoms. The first kappa shape index (κ1) is 14.0. The minimum Gasteiger partial charge on any atom is -0.297 e. The summed E-state index contributed by atoms with van der Waals surface area (Å²) in [6.45, 7) is 5.48. The number of piperidine rings is 1. The fraction of sp³-hybridized carbons (Fsp3) is 0.571. The highest BCUT2D eigenvalue weighted by molar-refractivity contribution is 7.15. The van der Waals surface area contributed by atoms with Crippen molar-refractivity contribution >= 4 is 22.9 Å². The quantitative estimate of drug-likeness (QED) is 0.873. The smallest absolute Gasteiger partial charge is 0.113 e. The molecule has 3 rings (SSSR count). The Morgan fingerprint density at radius 3 is 2.70 bits per heavy atom. The molecule has 6 heteroatoms. The van der Waals surface area contributed by atoms with Crippen LogP contribution >= 0.6 is 22.9 Å². The van der Waals surface area contributed by atoms with Gasteiger partial charge in [0.25, 0.3) is 0 Å². The van der Waals surface area contributed by atoms with Crippen LogP contribution in [0.25, 0.3) is 0 Å². The normalized spacial score (nSPS) is 19.4. The Balaban J connectivity index is 1.63. The fourth-order valence-corrected chi connectivity index (χ4v) is 3.85. The van der Waals surface area contributed by atoms with Crippen molar-refractivity contribution in [1.29, 1.82) is 0 Å². The standard InChI is InChI=1S/C14H19ClN4S/c1-14(13-16-9-12(15)20-13)4-7-19(8-5-14)10-11-3-6-17-18(11)2/h3,6,9H,4-5,7-8,10H2,1-2H3. The summed E-state index contributed by atoms with van der Waals surface area (Å²) in [5.74, 6) is 0. The highest BCUT2D eigenvalue weighted by atomic mass is 35.5. The first-order valence-corrected chi connectivity index (χ1v) is 8.07. The van der Waals surface area contributed by atoms with Crippen molar-refractivity contribution in [3.05, 3.63) is 33.5 Å². The first-order valence-electron chi connectivity index (χ1n) is 6.88. The van der Waals surface area contributed by atoms with Gasteiger partial charge in [0.2, 0.25) is 0 Å². The molecular formula is C14H19ClN4S. The van der Waals surface area contributed by atoms with Gasteiger partial charge in [-0.3, -0.25) is 9.58 Å². The van der Waals surface area contributed by atoms with E-state index in [-0.39, 0.29) is 5.41 Å². The maximum atomic E-state index is 6.02. The van der Waals surface area contributed by atoms with Crippen LogP contribution in [0.1, 0.15) is 30.5 Å². The lowest BCUT2D eigenvalue weighted by molar-refractivity contribution is 0.159. The summed E-state index contributed by atoms with van der Waals surface area (Å²) >= 11 is 7.64. The molecule has 1 aliphatic heterocycles. The zero-order valence-corrected chi connectivity index (χ0v) is 13.4. The van der Waals surface area contributed by atoms with Crippen LogP contribution in [0.4, 0.5) is 0 Å². The van der Waals surface area contributed by atoms with E-state index in [1.165, 1.54) is 10.7 Å². The van der Waals surface area contributed by atoms with E-state index in [1.54, 1.807) is 17.5 Å². The van der Waals surface area contributed by atoms with Gasteiger partial charge in [-0.15, -0.1) is 11.3 Å². The molecule has 0 radical (unpaired) electrons. The molecular weight excluding hydrogens is 292 g/mol. The highest BCUT2D eigenvalue weighted by Crippen LogP contribution is 2.38. The van der Waals surface area contributed by atoms with Crippen LogP contribution in [0.5, 0.6) is 0 Å². The molecule has 0 spiro atoms. The maximum absolute atomic E-state index is 6.02. The van der Waals surface area contributed by atoms with E-state index >= 15 is 0 Å². The highest BCUT2D eigenvalue weighted by Gasteiger charge is 2.34. The zero-order valence-electron chi connectivity index (χ0n) is 11.8. The second-order valence-corrected chi connectivity index (χ2v) is 7.41. The molecule has 1 fully saturated rings. The number of hydrogen-bond acceptors (Lipinski definition) is 4. The Morgan fingerprint density at radius 1 is 1.40 bits per heavy atom. The molecule has 3 heterocycles. The van der Waals surface area contributed by atoms with Crippen molar-refractivity contribution in [2.75, 3.05) is 13.1 Å². The van der Waals surface area contributed by atoms with Crippen molar-refractivity contribution in [1.82, 2.24) is 19.7 Å². The molecule has 20 heavy (non-hydrogen) atoms. The molecule has 0 saturated carbocycles. The molecule has 108 valence electrons. The molecule has 0 aliphatic carbocycles. The number of hydrogen-bond donors (Lipinski definition) is 0. The zero-order chi connectivity index (χ0) is 14.2. The Bertz CT molecular complexity index is 584. The number of thiazole rings is 1. The van der Waals surface area contributed by atoms with Gasteiger partial charge in [0.05, 0.1) is 16.9 Å². The van der Waals surface area contributed by atoms with Gasteiger partial charge in [-0.05, 0) is 32.0 Å². The minimum absolute atomic E-state index is 0.181. The number of aromatic nitrogens is 3. The van der Waals surface area contributed by atoms with Crippen molar-refractivity contribution in [3.63, 3.8) is 0 Å². The van der Waals surface area contributed by atoms with Crippen molar-refractivity contribution in [2.45, 2.75) is 31.7 Å². The molecule has 2 aromatic heterocycles. The number of aryl methyl sites for hydroxylation is 1. The van der Waals surface area contributed by atoms with Crippen LogP contribution in [-0.2, 0) is 19.0 Å². The Morgan fingerprint density at radius 2 is 2.15 bits per heavy atom. The predicted molar refractivity (Wildman–Crippen MR) is 82.2 cm³/mol. The molecule has 4 nitrogen and oxygen atoms in total. The van der Waals surface area contributed by atoms with E-state index in [4.69, 9.17) is 11.6 Å². The lowest BCUT2D eigenvalue weighted by Crippen LogP contribution is -2.40. The Labute approximate surface area is 128 Å². The van der Waals surface area contributed by atoms with Gasteiger partial charge in [-0.2, -0.15) is 5.10 Å². The summed E-state index contributed by atoms with van der Waals surface area (Å²) in [7, 11) is 2.00. The second-order valence-electron chi connectivity index (χ2n) is 5.75. The summed E-state index contributed by atoms with van der Waals surface area (Å²) in [5.41, 5.74) is 1.45. The van der Waals surface area contributed by atoms with Gasteiger partial charge in [-0.25, -0.2) is 4.98 Å². The van der Waals surface area contributed by atoms with E-state index in [0.29, 0.717) is 0 Å². The van der Waals surface area contributed by atoms with Crippen molar-refractivity contribution < 1.29 is 0 Å². The maximum Gasteiger partial charge on any atom is 0.113 e. The van der Waals surface area contributed by atoms with Crippen molar-refractivity contribution in [2.24, 2.45) is 7.05 Å². The average Bonchev–Trinajstić information content (AvgIpc) is 3.03. The molecule has 0 unspecified atom stereocenters. The van der Waals surface area contributed by atoms with E-state index in [0.717, 1.165) is 36.8 Å². The largest absolute Gasteiger partial charge is 0.297 e. The van der Waals surface area contributed by atoms with Crippen LogP contribution in [-0.4, -0.2) is 32.8 Å². The summed E-state index contributed by atoms with van der Waals surface area (Å²) in [5, 5.41) is 5.41. The lowest BCUT2D eigenvalue weighted by Gasteiger charge is -2.38. The molecule has 0 amide bonds. The fourth-order valence-electron chi connectivity index (χ4n) is 2.74. The minimum atomic E-state index is 0.181. The summed E-state index contributed by atoms with van der Waals surface area (Å²) in [6, 6.07) is 2.09. The third-order valence-corrected chi connectivity index (χ3v) is 5.68. The van der Waals surface area contributed by atoms with E-state index in [2.05, 4.69) is 28.0 Å². The Kier molecular flexibility index (Phi) is 3.84. The SMILES string of the molecule is Cn1nccc1CN1CCC(C)(c2ncc(Cl)s2)CC1. The van der Waals surface area contributed by atoms with Crippen LogP contribution in [0.2, 0.25) is 4.34 Å². The Hall–Kier alpha value is -0.910. The molecule has 1 aliphatic rings. The summed E-state index contributed by atoms with van der Waals surface area (Å²) in [6.07, 6.45) is 5.90. The monoisotopic (exact) mass is 310 g/mol. The van der Waals surface area contributed by atoms with E-state index < -0.39 is 0 Å². The van der Waals surface area contributed by atoms with E-state index in [9.17, 15) is 0 Å². The van der Waals surface area contributed by atoms with Crippen molar-refractivity contribution in [3.8, 4) is 0 Å². The summed E-state index contributed by atoms with van der Waals surface area (Å²) < 4.78 is 2.74. The van der Waals surface area contributed by atoms with Gasteiger partial charge < -0.3 is 0 Å². The van der Waals surface area contributed by atoms with Gasteiger partial charge >= 0.3 is 0 Å². The molecule has 0 atom stereocenters. The number of rotatable bonds is 3. The van der Waals surface area contributed by atoms with Gasteiger partial charge in [-0.1, -0.05) is 18.5 Å². The van der Waals surface area contributed by atoms with Crippen LogP contribution < -0.4 is 0 Å². The van der Waals surface area contributed by atoms with Gasteiger partial charge in [0.1, 0.15) is 4.34 Å². The molecule has 0 N–H and O–H groups in total. The van der Waals surface area contributed by atoms with E-state index in [1.807, 2.05) is 17.9 Å². The third-order valence-electron chi connectivity index (χ3n) is 4.26. The first-order chi connectivity index (χ1) is 9.57. The van der Waals surface area contributed by atoms with Crippen LogP contribution in [0.15, 0.2) is 18.5 Å². The second kappa shape index (κ2) is 5.47. The lowest BCUT2D eigenvalue weighted by atomic mass is 9.81. The van der Waals surface area contributed by atoms with Crippen LogP contribution in [0, 0.1) is 0 Å². The summed E-state index contributed by atoms with van der Waals surface area (Å²) in [4.78, 5) is 6.97.